The van der Waals surface area contributed by atoms with Gasteiger partial charge < -0.3 is 9.55 Å². The minimum Gasteiger partial charge on any atom is -0.329 e. The summed E-state index contributed by atoms with van der Waals surface area (Å²) in [5, 5.41) is 0.697. The summed E-state index contributed by atoms with van der Waals surface area (Å²) in [6.07, 6.45) is 4.49. The zero-order chi connectivity index (χ0) is 11.8. The summed E-state index contributed by atoms with van der Waals surface area (Å²) >= 11 is 7.46. The fraction of sp³-hybridized carbons (Fsp3) is 0.500. The Balaban J connectivity index is 2.06. The van der Waals surface area contributed by atoms with Crippen LogP contribution in [0.15, 0.2) is 12.3 Å². The SMILES string of the molecule is Cc1ccnc2c1[nH]c(=S)n2CC1CCCS1. The summed E-state index contributed by atoms with van der Waals surface area (Å²) in [5.74, 6) is 1.28. The van der Waals surface area contributed by atoms with Gasteiger partial charge in [-0.2, -0.15) is 11.8 Å². The van der Waals surface area contributed by atoms with Gasteiger partial charge >= 0.3 is 0 Å². The molecule has 3 heterocycles. The Hall–Kier alpha value is -0.810. The van der Waals surface area contributed by atoms with Crippen molar-refractivity contribution in [1.29, 1.82) is 0 Å². The van der Waals surface area contributed by atoms with Crippen LogP contribution in [0.3, 0.4) is 0 Å². The van der Waals surface area contributed by atoms with E-state index in [1.165, 1.54) is 24.2 Å². The number of aromatic amines is 1. The molecule has 0 radical (unpaired) electrons. The zero-order valence-electron chi connectivity index (χ0n) is 9.77. The van der Waals surface area contributed by atoms with Crippen LogP contribution in [0.2, 0.25) is 0 Å². The summed E-state index contributed by atoms with van der Waals surface area (Å²) in [4.78, 5) is 7.74. The quantitative estimate of drug-likeness (QED) is 0.846. The van der Waals surface area contributed by atoms with E-state index in [1.807, 2.05) is 12.3 Å². The summed E-state index contributed by atoms with van der Waals surface area (Å²) < 4.78 is 2.95. The number of thioether (sulfide) groups is 1. The van der Waals surface area contributed by atoms with E-state index in [0.717, 1.165) is 22.5 Å². The van der Waals surface area contributed by atoms with Crippen molar-refractivity contribution in [3.8, 4) is 0 Å². The highest BCUT2D eigenvalue weighted by molar-refractivity contribution is 8.00. The van der Waals surface area contributed by atoms with Crippen LogP contribution in [-0.2, 0) is 6.54 Å². The molecule has 0 bridgehead atoms. The third-order valence-electron chi connectivity index (χ3n) is 3.28. The van der Waals surface area contributed by atoms with Crippen LogP contribution in [0.1, 0.15) is 18.4 Å². The third kappa shape index (κ3) is 2.02. The lowest BCUT2D eigenvalue weighted by atomic mass is 10.2. The van der Waals surface area contributed by atoms with E-state index < -0.39 is 0 Å². The number of hydrogen-bond donors (Lipinski definition) is 1. The monoisotopic (exact) mass is 265 g/mol. The van der Waals surface area contributed by atoms with Crippen LogP contribution in [0.5, 0.6) is 0 Å². The maximum absolute atomic E-state index is 5.41. The van der Waals surface area contributed by atoms with Gasteiger partial charge in [0.2, 0.25) is 0 Å². The van der Waals surface area contributed by atoms with E-state index >= 15 is 0 Å². The van der Waals surface area contributed by atoms with Gasteiger partial charge in [0.25, 0.3) is 0 Å². The summed E-state index contributed by atoms with van der Waals surface area (Å²) in [7, 11) is 0. The van der Waals surface area contributed by atoms with Gasteiger partial charge in [-0.05, 0) is 49.4 Å². The predicted molar refractivity (Wildman–Crippen MR) is 75.1 cm³/mol. The topological polar surface area (TPSA) is 33.6 Å². The molecule has 1 aliphatic heterocycles. The van der Waals surface area contributed by atoms with E-state index in [0.29, 0.717) is 5.25 Å². The van der Waals surface area contributed by atoms with Gasteiger partial charge in [0.15, 0.2) is 10.4 Å². The molecule has 17 heavy (non-hydrogen) atoms. The maximum Gasteiger partial charge on any atom is 0.179 e. The van der Waals surface area contributed by atoms with Gasteiger partial charge in [-0.25, -0.2) is 4.98 Å². The molecule has 1 fully saturated rings. The minimum atomic E-state index is 0.697. The second-order valence-electron chi connectivity index (χ2n) is 4.50. The highest BCUT2D eigenvalue weighted by atomic mass is 32.2. The fourth-order valence-electron chi connectivity index (χ4n) is 2.33. The van der Waals surface area contributed by atoms with Gasteiger partial charge in [0.1, 0.15) is 0 Å². The lowest BCUT2D eigenvalue weighted by Gasteiger charge is -2.09. The number of nitrogens with zero attached hydrogens (tertiary/aromatic N) is 2. The number of hydrogen-bond acceptors (Lipinski definition) is 3. The van der Waals surface area contributed by atoms with E-state index in [2.05, 4.69) is 33.2 Å². The predicted octanol–water partition coefficient (Wildman–Crippen LogP) is 3.30. The minimum absolute atomic E-state index is 0.697. The van der Waals surface area contributed by atoms with Gasteiger partial charge in [0.05, 0.1) is 5.52 Å². The smallest absolute Gasteiger partial charge is 0.179 e. The van der Waals surface area contributed by atoms with Crippen LogP contribution in [-0.4, -0.2) is 25.5 Å². The normalized spacial score (nSPS) is 20.2. The molecule has 0 spiro atoms. The molecule has 0 aromatic carbocycles. The molecule has 3 rings (SSSR count). The highest BCUT2D eigenvalue weighted by Gasteiger charge is 2.18. The van der Waals surface area contributed by atoms with Crippen molar-refractivity contribution < 1.29 is 0 Å². The summed E-state index contributed by atoms with van der Waals surface area (Å²) in [6, 6.07) is 2.02. The molecular formula is C12H15N3S2. The Kier molecular flexibility index (Phi) is 2.96. The van der Waals surface area contributed by atoms with Gasteiger partial charge in [-0.1, -0.05) is 0 Å². The first kappa shape index (κ1) is 11.3. The van der Waals surface area contributed by atoms with Crippen molar-refractivity contribution in [2.24, 2.45) is 0 Å². The van der Waals surface area contributed by atoms with E-state index in [-0.39, 0.29) is 0 Å². The van der Waals surface area contributed by atoms with Crippen molar-refractivity contribution in [3.63, 3.8) is 0 Å². The first-order valence-corrected chi connectivity index (χ1v) is 7.37. The molecule has 0 amide bonds. The number of pyridine rings is 1. The highest BCUT2D eigenvalue weighted by Crippen LogP contribution is 2.28. The molecule has 2 aromatic rings. The largest absolute Gasteiger partial charge is 0.329 e. The van der Waals surface area contributed by atoms with E-state index in [1.54, 1.807) is 0 Å². The van der Waals surface area contributed by atoms with E-state index in [4.69, 9.17) is 12.2 Å². The van der Waals surface area contributed by atoms with Gasteiger partial charge in [-0.3, -0.25) is 0 Å². The Morgan fingerprint density at radius 2 is 2.53 bits per heavy atom. The summed E-state index contributed by atoms with van der Waals surface area (Å²) in [6.45, 7) is 3.07. The molecule has 2 aromatic heterocycles. The molecule has 1 aliphatic rings. The fourth-order valence-corrected chi connectivity index (χ4v) is 3.85. The second kappa shape index (κ2) is 4.46. The molecule has 0 aliphatic carbocycles. The molecule has 5 heteroatoms. The number of rotatable bonds is 2. The van der Waals surface area contributed by atoms with Crippen LogP contribution >= 0.6 is 24.0 Å². The van der Waals surface area contributed by atoms with Crippen molar-refractivity contribution >= 4 is 35.1 Å². The number of nitrogens with one attached hydrogen (secondary N) is 1. The maximum atomic E-state index is 5.41. The van der Waals surface area contributed by atoms with Crippen molar-refractivity contribution in [3.05, 3.63) is 22.6 Å². The number of H-pyrrole nitrogens is 1. The van der Waals surface area contributed by atoms with Crippen LogP contribution in [0, 0.1) is 11.7 Å². The Bertz CT molecular complexity index is 593. The average Bonchev–Trinajstić information content (AvgIpc) is 2.91. The molecule has 1 N–H and O–H groups in total. The lowest BCUT2D eigenvalue weighted by Crippen LogP contribution is -2.10. The van der Waals surface area contributed by atoms with Crippen LogP contribution in [0.25, 0.3) is 11.2 Å². The van der Waals surface area contributed by atoms with Crippen LogP contribution in [0.4, 0.5) is 0 Å². The Morgan fingerprint density at radius 1 is 1.65 bits per heavy atom. The Labute approximate surface area is 110 Å². The van der Waals surface area contributed by atoms with Crippen LogP contribution < -0.4 is 0 Å². The molecule has 0 saturated carbocycles. The third-order valence-corrected chi connectivity index (χ3v) is 4.99. The Morgan fingerprint density at radius 3 is 3.29 bits per heavy atom. The number of imidazole rings is 1. The molecule has 1 unspecified atom stereocenters. The first-order chi connectivity index (χ1) is 8.25. The number of fused-ring (bicyclic) bond motifs is 1. The van der Waals surface area contributed by atoms with E-state index in [9.17, 15) is 0 Å². The second-order valence-corrected chi connectivity index (χ2v) is 6.30. The van der Waals surface area contributed by atoms with Gasteiger partial charge in [-0.15, -0.1) is 0 Å². The summed E-state index contributed by atoms with van der Waals surface area (Å²) in [5.41, 5.74) is 3.29. The number of aromatic nitrogens is 3. The van der Waals surface area contributed by atoms with Crippen molar-refractivity contribution in [2.75, 3.05) is 5.75 Å². The molecule has 3 nitrogen and oxygen atoms in total. The van der Waals surface area contributed by atoms with Gasteiger partial charge in [0, 0.05) is 18.0 Å². The molecule has 90 valence electrons. The first-order valence-electron chi connectivity index (χ1n) is 5.91. The molecule has 1 atom stereocenters. The lowest BCUT2D eigenvalue weighted by molar-refractivity contribution is 0.642. The van der Waals surface area contributed by atoms with Crippen molar-refractivity contribution in [2.45, 2.75) is 31.6 Å². The average molecular weight is 265 g/mol. The molecular weight excluding hydrogens is 250 g/mol. The zero-order valence-corrected chi connectivity index (χ0v) is 11.4. The van der Waals surface area contributed by atoms with Crippen molar-refractivity contribution in [1.82, 2.24) is 14.5 Å². The molecule has 1 saturated heterocycles. The number of aryl methyl sites for hydroxylation is 1. The standard InChI is InChI=1S/C12H15N3S2/c1-8-4-5-13-11-10(8)14-12(16)15(11)7-9-3-2-6-17-9/h4-5,9H,2-3,6-7H2,1H3,(H,14,16).